The van der Waals surface area contributed by atoms with Crippen molar-refractivity contribution in [2.24, 2.45) is 0 Å². The van der Waals surface area contributed by atoms with Gasteiger partial charge in [0.25, 0.3) is 0 Å². The number of hydrogen-bond donors (Lipinski definition) is 3. The smallest absolute Gasteiger partial charge is 0.306 e. The molecule has 1 atom stereocenters. The highest BCUT2D eigenvalue weighted by molar-refractivity contribution is 5.67. The van der Waals surface area contributed by atoms with Gasteiger partial charge in [0.15, 0.2) is 0 Å². The van der Waals surface area contributed by atoms with Gasteiger partial charge in [-0.05, 0) is 0 Å². The van der Waals surface area contributed by atoms with Crippen LogP contribution in [0.25, 0.3) is 0 Å². The summed E-state index contributed by atoms with van der Waals surface area (Å²) < 4.78 is 0. The maximum atomic E-state index is 9.92. The Bertz CT molecular complexity index is 130. The molecule has 0 aromatic rings. The summed E-state index contributed by atoms with van der Waals surface area (Å²) in [5.41, 5.74) is 0. The lowest BCUT2D eigenvalue weighted by molar-refractivity contribution is -0.138. The molecule has 0 saturated heterocycles. The van der Waals surface area contributed by atoms with E-state index in [1.807, 2.05) is 0 Å². The molecule has 0 rings (SSSR count). The van der Waals surface area contributed by atoms with Crippen molar-refractivity contribution in [3.8, 4) is 0 Å². The van der Waals surface area contributed by atoms with Crippen LogP contribution >= 0.6 is 0 Å². The lowest BCUT2D eigenvalue weighted by Gasteiger charge is -1.98. The van der Waals surface area contributed by atoms with Gasteiger partial charge in [-0.15, -0.1) is 0 Å². The van der Waals surface area contributed by atoms with Crippen molar-refractivity contribution in [1.29, 1.82) is 0 Å². The monoisotopic (exact) mass is 146 g/mol. The average molecular weight is 146 g/mol. The number of carboxylic acids is 1. The second-order valence-electron chi connectivity index (χ2n) is 1.78. The summed E-state index contributed by atoms with van der Waals surface area (Å²) in [6.45, 7) is -0.184. The summed E-state index contributed by atoms with van der Waals surface area (Å²) in [5, 5.41) is 25.1. The Morgan fingerprint density at radius 3 is 2.60 bits per heavy atom. The molecule has 0 aromatic carbocycles. The van der Waals surface area contributed by atoms with Crippen LogP contribution in [0.4, 0.5) is 0 Å². The third-order valence-corrected chi connectivity index (χ3v) is 0.847. The number of hydrogen-bond acceptors (Lipinski definition) is 3. The van der Waals surface area contributed by atoms with Gasteiger partial charge in [-0.1, -0.05) is 12.2 Å². The van der Waals surface area contributed by atoms with E-state index in [2.05, 4.69) is 0 Å². The standard InChI is InChI=1S/C6H10O4/c7-3-1-2-5(8)4-6(9)10/h1-2,5,7-8H,3-4H2,(H,9,10). The van der Waals surface area contributed by atoms with Gasteiger partial charge in [-0.3, -0.25) is 4.79 Å². The van der Waals surface area contributed by atoms with Crippen LogP contribution in [0, 0.1) is 0 Å². The molecule has 1 unspecified atom stereocenters. The normalized spacial score (nSPS) is 13.8. The van der Waals surface area contributed by atoms with Crippen LogP contribution in [-0.4, -0.2) is 34.0 Å². The van der Waals surface area contributed by atoms with Gasteiger partial charge < -0.3 is 15.3 Å². The highest BCUT2D eigenvalue weighted by atomic mass is 16.4. The van der Waals surface area contributed by atoms with Crippen molar-refractivity contribution in [2.45, 2.75) is 12.5 Å². The van der Waals surface area contributed by atoms with Crippen molar-refractivity contribution in [2.75, 3.05) is 6.61 Å². The molecule has 10 heavy (non-hydrogen) atoms. The Labute approximate surface area is 58.4 Å². The molecule has 0 fully saturated rings. The summed E-state index contributed by atoms with van der Waals surface area (Å²) in [6, 6.07) is 0. The van der Waals surface area contributed by atoms with Crippen LogP contribution < -0.4 is 0 Å². The Kier molecular flexibility index (Phi) is 4.53. The molecular weight excluding hydrogens is 136 g/mol. The topological polar surface area (TPSA) is 77.8 Å². The quantitative estimate of drug-likeness (QED) is 0.461. The molecule has 0 radical (unpaired) electrons. The molecular formula is C6H10O4. The summed E-state index contributed by atoms with van der Waals surface area (Å²) in [5.74, 6) is -1.06. The molecule has 0 amide bonds. The van der Waals surface area contributed by atoms with Crippen LogP contribution in [0.2, 0.25) is 0 Å². The maximum absolute atomic E-state index is 9.92. The van der Waals surface area contributed by atoms with Crippen LogP contribution in [0.5, 0.6) is 0 Å². The molecule has 3 N–H and O–H groups in total. The predicted molar refractivity (Wildman–Crippen MR) is 34.5 cm³/mol. The minimum Gasteiger partial charge on any atom is -0.481 e. The zero-order valence-electron chi connectivity index (χ0n) is 5.40. The highest BCUT2D eigenvalue weighted by Gasteiger charge is 2.03. The Balaban J connectivity index is 3.52. The first-order valence-electron chi connectivity index (χ1n) is 2.84. The number of carboxylic acid groups (broad SMARTS) is 1. The van der Waals surface area contributed by atoms with E-state index in [1.54, 1.807) is 0 Å². The largest absolute Gasteiger partial charge is 0.481 e. The van der Waals surface area contributed by atoms with E-state index in [-0.39, 0.29) is 13.0 Å². The van der Waals surface area contributed by atoms with E-state index in [4.69, 9.17) is 15.3 Å². The van der Waals surface area contributed by atoms with E-state index in [1.165, 1.54) is 12.2 Å². The van der Waals surface area contributed by atoms with E-state index in [0.717, 1.165) is 0 Å². The zero-order chi connectivity index (χ0) is 7.98. The summed E-state index contributed by atoms with van der Waals surface area (Å²) in [6.07, 6.45) is 1.22. The van der Waals surface area contributed by atoms with Gasteiger partial charge in [0.05, 0.1) is 19.1 Å². The average Bonchev–Trinajstić information content (AvgIpc) is 1.82. The Morgan fingerprint density at radius 2 is 2.20 bits per heavy atom. The highest BCUT2D eigenvalue weighted by Crippen LogP contribution is 1.92. The molecule has 4 heteroatoms. The van der Waals surface area contributed by atoms with Gasteiger partial charge in [0.2, 0.25) is 0 Å². The van der Waals surface area contributed by atoms with Crippen molar-refractivity contribution in [3.63, 3.8) is 0 Å². The van der Waals surface area contributed by atoms with Gasteiger partial charge in [0.1, 0.15) is 0 Å². The molecule has 0 aliphatic heterocycles. The number of aliphatic carboxylic acids is 1. The first-order chi connectivity index (χ1) is 4.66. The molecule has 4 nitrogen and oxygen atoms in total. The van der Waals surface area contributed by atoms with Crippen molar-refractivity contribution >= 4 is 5.97 Å². The SMILES string of the molecule is O=C(O)CC(O)C=CCO. The number of aliphatic hydroxyl groups excluding tert-OH is 2. The lowest BCUT2D eigenvalue weighted by atomic mass is 10.2. The van der Waals surface area contributed by atoms with E-state index >= 15 is 0 Å². The Morgan fingerprint density at radius 1 is 1.60 bits per heavy atom. The molecule has 0 heterocycles. The van der Waals surface area contributed by atoms with Crippen LogP contribution in [-0.2, 0) is 4.79 Å². The summed E-state index contributed by atoms with van der Waals surface area (Å²) in [4.78, 5) is 9.92. The fourth-order valence-electron chi connectivity index (χ4n) is 0.465. The van der Waals surface area contributed by atoms with Crippen LogP contribution in [0.3, 0.4) is 0 Å². The molecule has 0 aliphatic carbocycles. The minimum absolute atomic E-state index is 0.184. The van der Waals surface area contributed by atoms with Gasteiger partial charge in [-0.25, -0.2) is 0 Å². The molecule has 0 saturated carbocycles. The summed E-state index contributed by atoms with van der Waals surface area (Å²) in [7, 11) is 0. The zero-order valence-corrected chi connectivity index (χ0v) is 5.40. The van der Waals surface area contributed by atoms with Gasteiger partial charge in [0, 0.05) is 0 Å². The molecule has 0 spiro atoms. The predicted octanol–water partition coefficient (Wildman–Crippen LogP) is -0.629. The second-order valence-corrected chi connectivity index (χ2v) is 1.78. The maximum Gasteiger partial charge on any atom is 0.306 e. The summed E-state index contributed by atoms with van der Waals surface area (Å²) >= 11 is 0. The van der Waals surface area contributed by atoms with E-state index < -0.39 is 12.1 Å². The minimum atomic E-state index is -1.06. The molecule has 0 aliphatic rings. The third-order valence-electron chi connectivity index (χ3n) is 0.847. The lowest BCUT2D eigenvalue weighted by Crippen LogP contribution is -2.09. The molecule has 0 bridgehead atoms. The van der Waals surface area contributed by atoms with Gasteiger partial charge >= 0.3 is 5.97 Å². The molecule has 0 aromatic heterocycles. The van der Waals surface area contributed by atoms with Crippen molar-refractivity contribution in [1.82, 2.24) is 0 Å². The van der Waals surface area contributed by atoms with Crippen molar-refractivity contribution in [3.05, 3.63) is 12.2 Å². The van der Waals surface area contributed by atoms with Crippen molar-refractivity contribution < 1.29 is 20.1 Å². The number of carbonyl (C=O) groups is 1. The number of aliphatic hydroxyl groups is 2. The first-order valence-corrected chi connectivity index (χ1v) is 2.84. The first kappa shape index (κ1) is 9.13. The van der Waals surface area contributed by atoms with Gasteiger partial charge in [-0.2, -0.15) is 0 Å². The fraction of sp³-hybridized carbons (Fsp3) is 0.500. The Hall–Kier alpha value is -0.870. The number of rotatable bonds is 4. The van der Waals surface area contributed by atoms with E-state index in [0.29, 0.717) is 0 Å². The fourth-order valence-corrected chi connectivity index (χ4v) is 0.465. The third kappa shape index (κ3) is 5.27. The second kappa shape index (κ2) is 4.96. The van der Waals surface area contributed by atoms with Crippen LogP contribution in [0.15, 0.2) is 12.2 Å². The van der Waals surface area contributed by atoms with E-state index in [9.17, 15) is 4.79 Å². The van der Waals surface area contributed by atoms with Crippen LogP contribution in [0.1, 0.15) is 6.42 Å². The molecule has 58 valence electrons.